The van der Waals surface area contributed by atoms with Crippen LogP contribution < -0.4 is 4.90 Å². The lowest BCUT2D eigenvalue weighted by molar-refractivity contribution is 0.120. The van der Waals surface area contributed by atoms with Gasteiger partial charge in [-0.1, -0.05) is 13.8 Å². The van der Waals surface area contributed by atoms with Crippen molar-refractivity contribution in [3.63, 3.8) is 0 Å². The molecule has 0 bridgehead atoms. The number of anilines is 1. The van der Waals surface area contributed by atoms with Gasteiger partial charge in [0.15, 0.2) is 0 Å². The number of hydrogen-bond donors (Lipinski definition) is 0. The first kappa shape index (κ1) is 17.1. The van der Waals surface area contributed by atoms with Gasteiger partial charge in [0.05, 0.1) is 29.9 Å². The number of hydrogen-bond acceptors (Lipinski definition) is 4. The summed E-state index contributed by atoms with van der Waals surface area (Å²) in [6.45, 7) is 8.48. The summed E-state index contributed by atoms with van der Waals surface area (Å²) in [5, 5.41) is 0. The molecule has 1 fully saturated rings. The van der Waals surface area contributed by atoms with E-state index in [0.717, 1.165) is 36.4 Å². The average Bonchev–Trinajstić information content (AvgIpc) is 3.38. The number of pyridine rings is 1. The first-order chi connectivity index (χ1) is 12.6. The van der Waals surface area contributed by atoms with Gasteiger partial charge in [0.2, 0.25) is 0 Å². The monoisotopic (exact) mass is 353 g/mol. The molecule has 2 atom stereocenters. The van der Waals surface area contributed by atoms with Crippen molar-refractivity contribution < 1.29 is 4.74 Å². The van der Waals surface area contributed by atoms with Gasteiger partial charge in [-0.2, -0.15) is 0 Å². The van der Waals surface area contributed by atoms with Crippen LogP contribution in [0.5, 0.6) is 0 Å². The van der Waals surface area contributed by atoms with Gasteiger partial charge in [-0.05, 0) is 25.3 Å². The van der Waals surface area contributed by atoms with Crippen molar-refractivity contribution >= 4 is 11.3 Å². The van der Waals surface area contributed by atoms with E-state index >= 15 is 0 Å². The number of imidazole rings is 2. The molecule has 26 heavy (non-hydrogen) atoms. The molecule has 6 nitrogen and oxygen atoms in total. The fourth-order valence-electron chi connectivity index (χ4n) is 3.71. The molecule has 0 N–H and O–H groups in total. The number of fused-ring (bicyclic) bond motifs is 1. The van der Waals surface area contributed by atoms with E-state index in [9.17, 15) is 0 Å². The van der Waals surface area contributed by atoms with Gasteiger partial charge >= 0.3 is 0 Å². The molecule has 1 aliphatic heterocycles. The largest absolute Gasteiger partial charge is 0.377 e. The molecule has 0 radical (unpaired) electrons. The van der Waals surface area contributed by atoms with Crippen molar-refractivity contribution in [2.75, 3.05) is 25.1 Å². The molecule has 1 saturated heterocycles. The van der Waals surface area contributed by atoms with Crippen molar-refractivity contribution in [1.29, 1.82) is 0 Å². The summed E-state index contributed by atoms with van der Waals surface area (Å²) in [5.74, 6) is 0.404. The quantitative estimate of drug-likeness (QED) is 0.700. The van der Waals surface area contributed by atoms with E-state index in [1.165, 1.54) is 5.69 Å². The van der Waals surface area contributed by atoms with Crippen LogP contribution in [0.15, 0.2) is 37.2 Å². The van der Waals surface area contributed by atoms with Crippen LogP contribution in [0.3, 0.4) is 0 Å². The summed E-state index contributed by atoms with van der Waals surface area (Å²) in [7, 11) is 1.76. The van der Waals surface area contributed by atoms with Gasteiger partial charge in [-0.25, -0.2) is 9.97 Å². The van der Waals surface area contributed by atoms with Crippen LogP contribution in [0.1, 0.15) is 56.5 Å². The number of rotatable bonds is 5. The van der Waals surface area contributed by atoms with E-state index in [1.54, 1.807) is 7.11 Å². The highest BCUT2D eigenvalue weighted by Crippen LogP contribution is 2.32. The topological polar surface area (TPSA) is 47.6 Å². The summed E-state index contributed by atoms with van der Waals surface area (Å²) in [5.41, 5.74) is 4.48. The summed E-state index contributed by atoms with van der Waals surface area (Å²) >= 11 is 0. The SMILES string of the molecule is CO[C@H](C)c1cc(N2CCC(n3ccnc3)C2)cn2cc(C(C)C)nc12. The average molecular weight is 353 g/mol. The predicted octanol–water partition coefficient (Wildman–Crippen LogP) is 3.81. The molecule has 6 heteroatoms. The van der Waals surface area contributed by atoms with Crippen LogP contribution >= 0.6 is 0 Å². The lowest BCUT2D eigenvalue weighted by atomic mass is 10.1. The Bertz CT molecular complexity index is 883. The second-order valence-corrected chi connectivity index (χ2v) is 7.48. The summed E-state index contributed by atoms with van der Waals surface area (Å²) in [6, 6.07) is 2.72. The van der Waals surface area contributed by atoms with Crippen LogP contribution in [0.2, 0.25) is 0 Å². The maximum Gasteiger partial charge on any atom is 0.142 e. The lowest BCUT2D eigenvalue weighted by Crippen LogP contribution is -2.21. The number of aromatic nitrogens is 4. The van der Waals surface area contributed by atoms with E-state index in [2.05, 4.69) is 64.3 Å². The zero-order valence-electron chi connectivity index (χ0n) is 16.0. The molecule has 138 valence electrons. The van der Waals surface area contributed by atoms with Gasteiger partial charge < -0.3 is 18.6 Å². The third kappa shape index (κ3) is 2.98. The minimum atomic E-state index is 0.00640. The summed E-state index contributed by atoms with van der Waals surface area (Å²) < 4.78 is 10.0. The first-order valence-corrected chi connectivity index (χ1v) is 9.34. The summed E-state index contributed by atoms with van der Waals surface area (Å²) in [4.78, 5) is 11.5. The van der Waals surface area contributed by atoms with Crippen molar-refractivity contribution in [2.45, 2.75) is 45.3 Å². The Morgan fingerprint density at radius 2 is 2.08 bits per heavy atom. The standard InChI is InChI=1S/C20H27N5O/c1-14(2)19-12-25-11-17(9-18(15(3)26-4)20(25)22-19)23-7-5-16(10-23)24-8-6-21-13-24/h6,8-9,11-16H,5,7,10H2,1-4H3/t15-,16?/m1/s1. The second-order valence-electron chi connectivity index (χ2n) is 7.48. The van der Waals surface area contributed by atoms with E-state index < -0.39 is 0 Å². The minimum absolute atomic E-state index is 0.00640. The van der Waals surface area contributed by atoms with E-state index in [4.69, 9.17) is 9.72 Å². The zero-order valence-corrected chi connectivity index (χ0v) is 16.0. The predicted molar refractivity (Wildman–Crippen MR) is 103 cm³/mol. The Morgan fingerprint density at radius 1 is 1.23 bits per heavy atom. The Hall–Kier alpha value is -2.34. The van der Waals surface area contributed by atoms with Crippen LogP contribution in [-0.2, 0) is 4.74 Å². The van der Waals surface area contributed by atoms with Crippen molar-refractivity contribution in [2.24, 2.45) is 0 Å². The molecule has 1 unspecified atom stereocenters. The smallest absolute Gasteiger partial charge is 0.142 e. The van der Waals surface area contributed by atoms with Crippen molar-refractivity contribution in [3.8, 4) is 0 Å². The summed E-state index contributed by atoms with van der Waals surface area (Å²) in [6.07, 6.45) is 11.3. The maximum absolute atomic E-state index is 5.63. The molecule has 0 saturated carbocycles. The van der Waals surface area contributed by atoms with Crippen LogP contribution in [0.25, 0.3) is 5.65 Å². The Balaban J connectivity index is 1.71. The molecule has 0 amide bonds. The minimum Gasteiger partial charge on any atom is -0.377 e. The van der Waals surface area contributed by atoms with Gasteiger partial charge in [-0.3, -0.25) is 0 Å². The second kappa shape index (κ2) is 6.76. The number of nitrogens with zero attached hydrogens (tertiary/aromatic N) is 5. The molecule has 0 aliphatic carbocycles. The third-order valence-electron chi connectivity index (χ3n) is 5.44. The van der Waals surface area contributed by atoms with Gasteiger partial charge in [-0.15, -0.1) is 0 Å². The van der Waals surface area contributed by atoms with Gasteiger partial charge in [0.25, 0.3) is 0 Å². The van der Waals surface area contributed by atoms with Crippen LogP contribution in [0, 0.1) is 0 Å². The van der Waals surface area contributed by atoms with Crippen LogP contribution in [0.4, 0.5) is 5.69 Å². The molecule has 1 aliphatic rings. The number of methoxy groups -OCH3 is 1. The first-order valence-electron chi connectivity index (χ1n) is 9.34. The lowest BCUT2D eigenvalue weighted by Gasteiger charge is -2.21. The fraction of sp³-hybridized carbons (Fsp3) is 0.500. The van der Waals surface area contributed by atoms with Gasteiger partial charge in [0.1, 0.15) is 5.65 Å². The molecular formula is C20H27N5O. The fourth-order valence-corrected chi connectivity index (χ4v) is 3.71. The van der Waals surface area contributed by atoms with E-state index in [1.807, 2.05) is 12.5 Å². The Kier molecular flexibility index (Phi) is 4.44. The normalized spacial score (nSPS) is 19.0. The molecule has 0 spiro atoms. The molecule has 4 heterocycles. The third-order valence-corrected chi connectivity index (χ3v) is 5.44. The molecular weight excluding hydrogens is 326 g/mol. The van der Waals surface area contributed by atoms with Crippen molar-refractivity contribution in [3.05, 3.63) is 48.4 Å². The molecule has 0 aromatic carbocycles. The van der Waals surface area contributed by atoms with E-state index in [0.29, 0.717) is 12.0 Å². The molecule has 3 aromatic rings. The van der Waals surface area contributed by atoms with E-state index in [-0.39, 0.29) is 6.10 Å². The Labute approximate surface area is 154 Å². The zero-order chi connectivity index (χ0) is 18.3. The van der Waals surface area contributed by atoms with Gasteiger partial charge in [0, 0.05) is 50.6 Å². The van der Waals surface area contributed by atoms with Crippen molar-refractivity contribution in [1.82, 2.24) is 18.9 Å². The highest BCUT2D eigenvalue weighted by molar-refractivity contribution is 5.60. The molecule has 3 aromatic heterocycles. The number of ether oxygens (including phenoxy) is 1. The highest BCUT2D eigenvalue weighted by atomic mass is 16.5. The molecule has 4 rings (SSSR count). The highest BCUT2D eigenvalue weighted by Gasteiger charge is 2.25. The van der Waals surface area contributed by atoms with Crippen LogP contribution in [-0.4, -0.2) is 39.1 Å². The maximum atomic E-state index is 5.63. The Morgan fingerprint density at radius 3 is 2.77 bits per heavy atom.